The molecule has 0 saturated heterocycles. The fourth-order valence-corrected chi connectivity index (χ4v) is 1.09. The number of aliphatic hydroxyl groups excluding tert-OH is 1. The van der Waals surface area contributed by atoms with E-state index >= 15 is 0 Å². The van der Waals surface area contributed by atoms with E-state index in [1.165, 1.54) is 12.1 Å². The molecule has 0 bridgehead atoms. The van der Waals surface area contributed by atoms with Crippen LogP contribution in [0, 0.1) is 0 Å². The molecule has 1 aromatic carbocycles. The molecule has 0 aliphatic carbocycles. The normalized spacial score (nSPS) is 11.1. The van der Waals surface area contributed by atoms with Crippen LogP contribution < -0.4 is 10.1 Å². The van der Waals surface area contributed by atoms with Crippen LogP contribution in [-0.4, -0.2) is 30.3 Å². The Hall–Kier alpha value is -1.76. The van der Waals surface area contributed by atoms with Crippen LogP contribution >= 0.6 is 0 Å². The fourth-order valence-electron chi connectivity index (χ4n) is 1.09. The number of carbonyl (C=O) groups excluding carboxylic acids is 1. The first-order valence-corrected chi connectivity index (χ1v) is 5.07. The van der Waals surface area contributed by atoms with Crippen LogP contribution in [0.1, 0.15) is 5.56 Å². The summed E-state index contributed by atoms with van der Waals surface area (Å²) in [6, 6.07) is 6.21. The van der Waals surface area contributed by atoms with E-state index in [0.29, 0.717) is 11.3 Å². The van der Waals surface area contributed by atoms with Gasteiger partial charge >= 0.3 is 6.18 Å². The first kappa shape index (κ1) is 14.3. The molecule has 4 nitrogen and oxygen atoms in total. The Bertz CT molecular complexity index is 390. The molecule has 2 N–H and O–H groups in total. The lowest BCUT2D eigenvalue weighted by atomic mass is 10.2. The second kappa shape index (κ2) is 6.25. The monoisotopic (exact) mass is 263 g/mol. The summed E-state index contributed by atoms with van der Waals surface area (Å²) in [6.07, 6.45) is -4.43. The number of aliphatic hydroxyl groups is 1. The third-order valence-electron chi connectivity index (χ3n) is 1.96. The molecule has 0 unspecified atom stereocenters. The maximum Gasteiger partial charge on any atom is 0.405 e. The second-order valence-corrected chi connectivity index (χ2v) is 3.48. The molecule has 0 atom stereocenters. The second-order valence-electron chi connectivity index (χ2n) is 3.48. The highest BCUT2D eigenvalue weighted by atomic mass is 19.4. The van der Waals surface area contributed by atoms with E-state index in [4.69, 9.17) is 9.84 Å². The van der Waals surface area contributed by atoms with Gasteiger partial charge in [0.05, 0.1) is 6.61 Å². The van der Waals surface area contributed by atoms with Gasteiger partial charge in [-0.2, -0.15) is 13.2 Å². The van der Waals surface area contributed by atoms with Gasteiger partial charge in [0.25, 0.3) is 5.91 Å². The van der Waals surface area contributed by atoms with Crippen molar-refractivity contribution in [2.24, 2.45) is 0 Å². The summed E-state index contributed by atoms with van der Waals surface area (Å²) < 4.78 is 40.3. The predicted molar refractivity (Wildman–Crippen MR) is 56.9 cm³/mol. The van der Waals surface area contributed by atoms with Gasteiger partial charge in [-0.1, -0.05) is 12.1 Å². The summed E-state index contributed by atoms with van der Waals surface area (Å²) in [6.45, 7) is -1.99. The maximum atomic E-state index is 11.8. The number of benzene rings is 1. The zero-order valence-corrected chi connectivity index (χ0v) is 9.33. The number of nitrogens with one attached hydrogen (secondary N) is 1. The van der Waals surface area contributed by atoms with Gasteiger partial charge < -0.3 is 15.2 Å². The molecule has 100 valence electrons. The van der Waals surface area contributed by atoms with Gasteiger partial charge in [-0.05, 0) is 17.7 Å². The highest BCUT2D eigenvalue weighted by Crippen LogP contribution is 2.13. The van der Waals surface area contributed by atoms with Gasteiger partial charge in [0.2, 0.25) is 0 Å². The van der Waals surface area contributed by atoms with Crippen molar-refractivity contribution in [3.63, 3.8) is 0 Å². The van der Waals surface area contributed by atoms with E-state index in [2.05, 4.69) is 0 Å². The summed E-state index contributed by atoms with van der Waals surface area (Å²) in [5, 5.41) is 10.5. The average molecular weight is 263 g/mol. The van der Waals surface area contributed by atoms with Crippen LogP contribution in [0.2, 0.25) is 0 Å². The Morgan fingerprint density at radius 1 is 1.28 bits per heavy atom. The van der Waals surface area contributed by atoms with Crippen molar-refractivity contribution < 1.29 is 27.8 Å². The Kier molecular flexibility index (Phi) is 4.96. The summed E-state index contributed by atoms with van der Waals surface area (Å²) in [7, 11) is 0. The van der Waals surface area contributed by atoms with E-state index in [0.717, 1.165) is 0 Å². The van der Waals surface area contributed by atoms with Crippen molar-refractivity contribution in [3.05, 3.63) is 29.8 Å². The van der Waals surface area contributed by atoms with Gasteiger partial charge in [0, 0.05) is 0 Å². The number of halogens is 3. The van der Waals surface area contributed by atoms with Crippen molar-refractivity contribution in [3.8, 4) is 5.75 Å². The number of hydrogen-bond acceptors (Lipinski definition) is 3. The largest absolute Gasteiger partial charge is 0.484 e. The Labute approximate surface area is 101 Å². The standard InChI is InChI=1S/C11H12F3NO3/c12-11(13,14)7-15-10(17)6-18-9-3-1-8(5-16)2-4-9/h1-4,16H,5-7H2,(H,15,17). The number of amides is 1. The number of carbonyl (C=O) groups is 1. The van der Waals surface area contributed by atoms with E-state index in [1.807, 2.05) is 0 Å². The van der Waals surface area contributed by atoms with E-state index in [9.17, 15) is 18.0 Å². The van der Waals surface area contributed by atoms with Gasteiger partial charge in [0.15, 0.2) is 6.61 Å². The molecular formula is C11H12F3NO3. The van der Waals surface area contributed by atoms with Crippen molar-refractivity contribution in [1.29, 1.82) is 0 Å². The van der Waals surface area contributed by atoms with Crippen LogP contribution in [0.5, 0.6) is 5.75 Å². The minimum Gasteiger partial charge on any atom is -0.484 e. The molecule has 0 saturated carbocycles. The molecule has 1 amide bonds. The fraction of sp³-hybridized carbons (Fsp3) is 0.364. The molecule has 1 aromatic rings. The zero-order valence-electron chi connectivity index (χ0n) is 9.33. The molecular weight excluding hydrogens is 251 g/mol. The van der Waals surface area contributed by atoms with Crippen molar-refractivity contribution in [2.45, 2.75) is 12.8 Å². The Morgan fingerprint density at radius 2 is 1.89 bits per heavy atom. The van der Waals surface area contributed by atoms with E-state index in [-0.39, 0.29) is 6.61 Å². The number of rotatable bonds is 5. The summed E-state index contributed by atoms with van der Waals surface area (Å²) in [5.74, 6) is -0.507. The molecule has 1 rings (SSSR count). The first-order chi connectivity index (χ1) is 8.40. The molecule has 18 heavy (non-hydrogen) atoms. The predicted octanol–water partition coefficient (Wildman–Crippen LogP) is 1.24. The molecule has 0 fully saturated rings. The van der Waals surface area contributed by atoms with Crippen molar-refractivity contribution in [1.82, 2.24) is 5.32 Å². The van der Waals surface area contributed by atoms with Crippen molar-refractivity contribution in [2.75, 3.05) is 13.2 Å². The van der Waals surface area contributed by atoms with Crippen molar-refractivity contribution >= 4 is 5.91 Å². The van der Waals surface area contributed by atoms with Crippen LogP contribution in [0.4, 0.5) is 13.2 Å². The lowest BCUT2D eigenvalue weighted by Gasteiger charge is -2.09. The van der Waals surface area contributed by atoms with Crippen LogP contribution in [0.3, 0.4) is 0 Å². The smallest absolute Gasteiger partial charge is 0.405 e. The third kappa shape index (κ3) is 5.53. The molecule has 0 spiro atoms. The molecule has 0 radical (unpaired) electrons. The summed E-state index contributed by atoms with van der Waals surface area (Å²) >= 11 is 0. The topological polar surface area (TPSA) is 58.6 Å². The minimum atomic E-state index is -4.43. The lowest BCUT2D eigenvalue weighted by Crippen LogP contribution is -2.36. The maximum absolute atomic E-state index is 11.8. The zero-order chi connectivity index (χ0) is 13.6. The van der Waals surface area contributed by atoms with Crippen LogP contribution in [0.25, 0.3) is 0 Å². The number of hydrogen-bond donors (Lipinski definition) is 2. The lowest BCUT2D eigenvalue weighted by molar-refractivity contribution is -0.139. The minimum absolute atomic E-state index is 0.119. The first-order valence-electron chi connectivity index (χ1n) is 5.07. The van der Waals surface area contributed by atoms with Gasteiger partial charge in [-0.15, -0.1) is 0 Å². The van der Waals surface area contributed by atoms with E-state index < -0.39 is 25.2 Å². The molecule has 7 heteroatoms. The van der Waals surface area contributed by atoms with Gasteiger partial charge in [0.1, 0.15) is 12.3 Å². The van der Waals surface area contributed by atoms with Gasteiger partial charge in [-0.3, -0.25) is 4.79 Å². The molecule has 0 aromatic heterocycles. The summed E-state index contributed by atoms with van der Waals surface area (Å²) in [4.78, 5) is 11.0. The Morgan fingerprint density at radius 3 is 2.39 bits per heavy atom. The van der Waals surface area contributed by atoms with Crippen LogP contribution in [0.15, 0.2) is 24.3 Å². The highest BCUT2D eigenvalue weighted by molar-refractivity contribution is 5.77. The van der Waals surface area contributed by atoms with Crippen LogP contribution in [-0.2, 0) is 11.4 Å². The van der Waals surface area contributed by atoms with E-state index in [1.54, 1.807) is 17.4 Å². The molecule has 0 heterocycles. The SMILES string of the molecule is O=C(COc1ccc(CO)cc1)NCC(F)(F)F. The number of alkyl halides is 3. The average Bonchev–Trinajstić information content (AvgIpc) is 2.33. The summed E-state index contributed by atoms with van der Waals surface area (Å²) in [5.41, 5.74) is 0.670. The van der Waals surface area contributed by atoms with Gasteiger partial charge in [-0.25, -0.2) is 0 Å². The highest BCUT2D eigenvalue weighted by Gasteiger charge is 2.27. The third-order valence-corrected chi connectivity index (χ3v) is 1.96. The molecule has 0 aliphatic rings. The molecule has 0 aliphatic heterocycles. The Balaban J connectivity index is 2.33. The quantitative estimate of drug-likeness (QED) is 0.840. The number of ether oxygens (including phenoxy) is 1.